The number of nitrogens with one attached hydrogen (secondary N) is 1. The van der Waals surface area contributed by atoms with Crippen molar-refractivity contribution < 1.29 is 4.74 Å². The van der Waals surface area contributed by atoms with Gasteiger partial charge in [-0.05, 0) is 37.4 Å². The van der Waals surface area contributed by atoms with E-state index in [0.29, 0.717) is 6.04 Å². The Hall–Kier alpha value is -1.06. The van der Waals surface area contributed by atoms with Crippen LogP contribution in [0.2, 0.25) is 0 Å². The molecule has 15 heavy (non-hydrogen) atoms. The van der Waals surface area contributed by atoms with Crippen LogP contribution in [-0.2, 0) is 6.54 Å². The van der Waals surface area contributed by atoms with Gasteiger partial charge in [-0.25, -0.2) is 0 Å². The molecular weight excluding hydrogens is 188 g/mol. The third-order valence-electron chi connectivity index (χ3n) is 2.99. The molecule has 1 heterocycles. The van der Waals surface area contributed by atoms with Gasteiger partial charge in [0.25, 0.3) is 0 Å². The van der Waals surface area contributed by atoms with E-state index in [1.807, 2.05) is 6.07 Å². The van der Waals surface area contributed by atoms with Gasteiger partial charge in [-0.2, -0.15) is 0 Å². The third kappa shape index (κ3) is 1.98. The van der Waals surface area contributed by atoms with Gasteiger partial charge in [0, 0.05) is 19.1 Å². The highest BCUT2D eigenvalue weighted by molar-refractivity contribution is 5.39. The lowest BCUT2D eigenvalue weighted by Crippen LogP contribution is -2.35. The first-order valence-corrected chi connectivity index (χ1v) is 5.26. The molecule has 0 amide bonds. The van der Waals surface area contributed by atoms with Crippen LogP contribution in [0.25, 0.3) is 0 Å². The first-order valence-electron chi connectivity index (χ1n) is 5.26. The molecule has 0 spiro atoms. The number of fused-ring (bicyclic) bond motifs is 1. The molecule has 0 aromatic heterocycles. The van der Waals surface area contributed by atoms with E-state index < -0.39 is 0 Å². The molecule has 2 rings (SSSR count). The Morgan fingerprint density at radius 1 is 1.40 bits per heavy atom. The maximum Gasteiger partial charge on any atom is 0.119 e. The minimum absolute atomic E-state index is 0.448. The molecule has 1 atom stereocenters. The predicted octanol–water partition coefficient (Wildman–Crippen LogP) is 1.40. The molecule has 3 nitrogen and oxygen atoms in total. The fraction of sp³-hybridized carbons (Fsp3) is 0.500. The largest absolute Gasteiger partial charge is 0.497 e. The van der Waals surface area contributed by atoms with Crippen molar-refractivity contribution >= 4 is 0 Å². The summed E-state index contributed by atoms with van der Waals surface area (Å²) in [6.07, 6.45) is 0. The number of nitrogens with zero attached hydrogens (tertiary/aromatic N) is 1. The molecule has 0 fully saturated rings. The summed E-state index contributed by atoms with van der Waals surface area (Å²) in [5.41, 5.74) is 2.76. The second-order valence-electron chi connectivity index (χ2n) is 4.18. The van der Waals surface area contributed by atoms with Gasteiger partial charge in [0.1, 0.15) is 5.75 Å². The quantitative estimate of drug-likeness (QED) is 0.791. The van der Waals surface area contributed by atoms with Crippen molar-refractivity contribution in [1.82, 2.24) is 10.2 Å². The Balaban J connectivity index is 2.39. The minimum Gasteiger partial charge on any atom is -0.497 e. The van der Waals surface area contributed by atoms with E-state index in [-0.39, 0.29) is 0 Å². The Bertz CT molecular complexity index is 349. The Morgan fingerprint density at radius 3 is 2.87 bits per heavy atom. The van der Waals surface area contributed by atoms with Crippen LogP contribution < -0.4 is 10.1 Å². The summed E-state index contributed by atoms with van der Waals surface area (Å²) in [6.45, 7) is 1.97. The van der Waals surface area contributed by atoms with Crippen LogP contribution in [0.3, 0.4) is 0 Å². The van der Waals surface area contributed by atoms with Gasteiger partial charge < -0.3 is 15.0 Å². The number of hydrogen-bond donors (Lipinski definition) is 1. The third-order valence-corrected chi connectivity index (χ3v) is 2.99. The monoisotopic (exact) mass is 206 g/mol. The van der Waals surface area contributed by atoms with Crippen molar-refractivity contribution in [1.29, 1.82) is 0 Å². The lowest BCUT2D eigenvalue weighted by atomic mass is 9.96. The second-order valence-corrected chi connectivity index (χ2v) is 4.18. The van der Waals surface area contributed by atoms with Crippen LogP contribution >= 0.6 is 0 Å². The molecule has 1 aliphatic rings. The predicted molar refractivity (Wildman–Crippen MR) is 61.1 cm³/mol. The first-order chi connectivity index (χ1) is 7.22. The van der Waals surface area contributed by atoms with Crippen LogP contribution in [-0.4, -0.2) is 32.6 Å². The lowest BCUT2D eigenvalue weighted by molar-refractivity contribution is 0.274. The number of likely N-dealkylation sites (N-methyl/N-ethyl adjacent to an activating group) is 1. The molecule has 0 radical (unpaired) electrons. The minimum atomic E-state index is 0.448. The molecule has 3 heteroatoms. The maximum atomic E-state index is 5.27. The van der Waals surface area contributed by atoms with Gasteiger partial charge >= 0.3 is 0 Å². The molecule has 0 aliphatic carbocycles. The zero-order valence-corrected chi connectivity index (χ0v) is 9.58. The van der Waals surface area contributed by atoms with Crippen LogP contribution in [0.1, 0.15) is 17.2 Å². The summed E-state index contributed by atoms with van der Waals surface area (Å²) in [5.74, 6) is 0.947. The van der Waals surface area contributed by atoms with Crippen molar-refractivity contribution in [2.75, 3.05) is 27.7 Å². The van der Waals surface area contributed by atoms with E-state index in [1.165, 1.54) is 11.1 Å². The molecule has 1 aromatic rings. The highest BCUT2D eigenvalue weighted by atomic mass is 16.5. The average molecular weight is 206 g/mol. The lowest BCUT2D eigenvalue weighted by Gasteiger charge is -2.31. The summed E-state index contributed by atoms with van der Waals surface area (Å²) < 4.78 is 5.27. The Kier molecular flexibility index (Phi) is 2.93. The van der Waals surface area contributed by atoms with Crippen LogP contribution in [0.4, 0.5) is 0 Å². The van der Waals surface area contributed by atoms with Gasteiger partial charge in [0.05, 0.1) is 7.11 Å². The van der Waals surface area contributed by atoms with Gasteiger partial charge in [-0.15, -0.1) is 0 Å². The van der Waals surface area contributed by atoms with Crippen molar-refractivity contribution in [2.45, 2.75) is 12.6 Å². The van der Waals surface area contributed by atoms with E-state index in [4.69, 9.17) is 4.74 Å². The number of rotatable bonds is 2. The van der Waals surface area contributed by atoms with E-state index >= 15 is 0 Å². The van der Waals surface area contributed by atoms with Gasteiger partial charge in [-0.3, -0.25) is 0 Å². The highest BCUT2D eigenvalue weighted by Crippen LogP contribution is 2.28. The fourth-order valence-electron chi connectivity index (χ4n) is 2.09. The molecule has 0 bridgehead atoms. The fourth-order valence-corrected chi connectivity index (χ4v) is 2.09. The average Bonchev–Trinajstić information content (AvgIpc) is 2.27. The normalized spacial score (nSPS) is 20.1. The van der Waals surface area contributed by atoms with E-state index in [2.05, 4.69) is 36.4 Å². The molecule has 0 saturated heterocycles. The van der Waals surface area contributed by atoms with E-state index in [0.717, 1.165) is 18.8 Å². The zero-order chi connectivity index (χ0) is 10.8. The van der Waals surface area contributed by atoms with Gasteiger partial charge in [-0.1, -0.05) is 6.07 Å². The van der Waals surface area contributed by atoms with Crippen LogP contribution in [0.15, 0.2) is 18.2 Å². The molecule has 1 N–H and O–H groups in total. The van der Waals surface area contributed by atoms with Crippen LogP contribution in [0.5, 0.6) is 5.75 Å². The van der Waals surface area contributed by atoms with Crippen molar-refractivity contribution in [3.8, 4) is 5.75 Å². The Labute approximate surface area is 91.0 Å². The molecular formula is C12H18N2O. The molecule has 1 aromatic carbocycles. The molecule has 1 aliphatic heterocycles. The van der Waals surface area contributed by atoms with Gasteiger partial charge in [0.2, 0.25) is 0 Å². The number of benzene rings is 1. The molecule has 82 valence electrons. The summed E-state index contributed by atoms with van der Waals surface area (Å²) in [6, 6.07) is 6.78. The highest BCUT2D eigenvalue weighted by Gasteiger charge is 2.21. The maximum absolute atomic E-state index is 5.27. The summed E-state index contributed by atoms with van der Waals surface area (Å²) >= 11 is 0. The summed E-state index contributed by atoms with van der Waals surface area (Å²) in [4.78, 5) is 2.24. The standard InChI is InChI=1S/C12H18N2O/c1-14(2)12-8-13-7-9-4-5-10(15-3)6-11(9)12/h4-6,12-13H,7-8H2,1-3H3. The van der Waals surface area contributed by atoms with Crippen molar-refractivity contribution in [3.05, 3.63) is 29.3 Å². The SMILES string of the molecule is COc1ccc2c(c1)C(N(C)C)CNC2. The van der Waals surface area contributed by atoms with Gasteiger partial charge in [0.15, 0.2) is 0 Å². The van der Waals surface area contributed by atoms with E-state index in [1.54, 1.807) is 7.11 Å². The topological polar surface area (TPSA) is 24.5 Å². The Morgan fingerprint density at radius 2 is 2.20 bits per heavy atom. The molecule has 1 unspecified atom stereocenters. The summed E-state index contributed by atoms with van der Waals surface area (Å²) in [5, 5.41) is 3.43. The zero-order valence-electron chi connectivity index (χ0n) is 9.58. The second kappa shape index (κ2) is 4.21. The number of ether oxygens (including phenoxy) is 1. The summed E-state index contributed by atoms with van der Waals surface area (Å²) in [7, 11) is 5.94. The van der Waals surface area contributed by atoms with Crippen molar-refractivity contribution in [3.63, 3.8) is 0 Å². The van der Waals surface area contributed by atoms with Crippen molar-refractivity contribution in [2.24, 2.45) is 0 Å². The van der Waals surface area contributed by atoms with E-state index in [9.17, 15) is 0 Å². The number of hydrogen-bond acceptors (Lipinski definition) is 3. The smallest absolute Gasteiger partial charge is 0.119 e. The first kappa shape index (κ1) is 10.5. The number of methoxy groups -OCH3 is 1. The van der Waals surface area contributed by atoms with Crippen LogP contribution in [0, 0.1) is 0 Å². The molecule has 0 saturated carbocycles.